The summed E-state index contributed by atoms with van der Waals surface area (Å²) >= 11 is 16.9. The summed E-state index contributed by atoms with van der Waals surface area (Å²) in [6, 6.07) is 7.25. The van der Waals surface area contributed by atoms with E-state index in [-0.39, 0.29) is 31.0 Å². The van der Waals surface area contributed by atoms with Crippen molar-refractivity contribution in [3.63, 3.8) is 0 Å². The van der Waals surface area contributed by atoms with Crippen LogP contribution in [0.2, 0.25) is 0 Å². The maximum Gasteiger partial charge on any atom is 0.302 e. The molecule has 1 aromatic heterocycles. The third-order valence-corrected chi connectivity index (χ3v) is 3.12. The van der Waals surface area contributed by atoms with Gasteiger partial charge >= 0.3 is 5.97 Å². The first kappa shape index (κ1) is 18.6. The summed E-state index contributed by atoms with van der Waals surface area (Å²) in [4.78, 5) is 10.6. The molecule has 0 amide bonds. The van der Waals surface area contributed by atoms with Crippen molar-refractivity contribution in [1.82, 2.24) is 10.2 Å². The fourth-order valence-electron chi connectivity index (χ4n) is 1.60. The number of nitrogens with zero attached hydrogens (tertiary/aromatic N) is 2. The molecule has 0 aliphatic heterocycles. The number of aromatic nitrogens is 2. The molecule has 1 heterocycles. The third-order valence-electron chi connectivity index (χ3n) is 2.64. The molecule has 0 aliphatic rings. The lowest BCUT2D eigenvalue weighted by Crippen LogP contribution is -2.09. The summed E-state index contributed by atoms with van der Waals surface area (Å²) in [5.74, 6) is 0.454. The molecule has 128 valence electrons. The van der Waals surface area contributed by atoms with Gasteiger partial charge in [0.05, 0.1) is 0 Å². The molecule has 0 radical (unpaired) electrons. The van der Waals surface area contributed by atoms with Crippen molar-refractivity contribution in [2.75, 3.05) is 13.2 Å². The van der Waals surface area contributed by atoms with E-state index in [9.17, 15) is 4.79 Å². The van der Waals surface area contributed by atoms with Crippen LogP contribution in [-0.4, -0.2) is 29.4 Å². The average molecular weight is 392 g/mol. The Morgan fingerprint density at radius 1 is 1.17 bits per heavy atom. The van der Waals surface area contributed by atoms with Gasteiger partial charge in [0.1, 0.15) is 19.0 Å². The van der Waals surface area contributed by atoms with Crippen LogP contribution in [0, 0.1) is 0 Å². The monoisotopic (exact) mass is 390 g/mol. The van der Waals surface area contributed by atoms with Crippen molar-refractivity contribution in [3.8, 4) is 5.75 Å². The lowest BCUT2D eigenvalue weighted by molar-refractivity contribution is -0.141. The number of carbonyl (C=O) groups excluding carboxylic acids is 1. The lowest BCUT2D eigenvalue weighted by atomic mass is 10.2. The van der Waals surface area contributed by atoms with Crippen molar-refractivity contribution in [2.24, 2.45) is 0 Å². The minimum absolute atomic E-state index is 0.0938. The molecule has 0 saturated carbocycles. The zero-order chi connectivity index (χ0) is 17.6. The Hall–Kier alpha value is -1.76. The Balaban J connectivity index is 1.89. The number of hydrogen-bond donors (Lipinski definition) is 0. The van der Waals surface area contributed by atoms with E-state index in [1.165, 1.54) is 6.92 Å². The van der Waals surface area contributed by atoms with Crippen molar-refractivity contribution >= 4 is 52.9 Å². The summed E-state index contributed by atoms with van der Waals surface area (Å²) in [5, 5.41) is 7.40. The van der Waals surface area contributed by atoms with E-state index >= 15 is 0 Å². The first-order valence-electron chi connectivity index (χ1n) is 6.79. The number of ether oxygens (including phenoxy) is 2. The summed E-state index contributed by atoms with van der Waals surface area (Å²) in [6.45, 7) is 1.84. The van der Waals surface area contributed by atoms with E-state index in [0.29, 0.717) is 5.75 Å². The van der Waals surface area contributed by atoms with E-state index < -0.39 is 3.79 Å². The predicted molar refractivity (Wildman–Crippen MR) is 91.0 cm³/mol. The number of benzene rings is 1. The molecule has 6 nitrogen and oxygen atoms in total. The van der Waals surface area contributed by atoms with Gasteiger partial charge < -0.3 is 13.9 Å². The molecule has 9 heteroatoms. The molecule has 1 aromatic carbocycles. The molecule has 0 aliphatic carbocycles. The van der Waals surface area contributed by atoms with Crippen molar-refractivity contribution in [2.45, 2.75) is 10.7 Å². The van der Waals surface area contributed by atoms with E-state index in [1.807, 2.05) is 12.1 Å². The van der Waals surface area contributed by atoms with Crippen LogP contribution in [-0.2, 0) is 13.3 Å². The van der Waals surface area contributed by atoms with Crippen LogP contribution in [0.1, 0.15) is 24.3 Å². The smallest absolute Gasteiger partial charge is 0.302 e. The topological polar surface area (TPSA) is 74.5 Å². The highest BCUT2D eigenvalue weighted by atomic mass is 35.6. The number of rotatable bonds is 6. The number of alkyl halides is 3. The highest BCUT2D eigenvalue weighted by Crippen LogP contribution is 2.37. The van der Waals surface area contributed by atoms with Gasteiger partial charge in [-0.2, -0.15) is 0 Å². The van der Waals surface area contributed by atoms with E-state index in [1.54, 1.807) is 24.3 Å². The standard InChI is InChI=1S/C15H13Cl3N2O4/c1-10(21)22-8-9-23-12-5-2-11(3-6-12)4-7-13-19-20-14(24-13)15(16,17)18/h2-7H,8-9H2,1H3. The van der Waals surface area contributed by atoms with Crippen LogP contribution in [0.5, 0.6) is 5.75 Å². The van der Waals surface area contributed by atoms with Crippen LogP contribution in [0.15, 0.2) is 28.7 Å². The second kappa shape index (κ2) is 8.37. The first-order chi connectivity index (χ1) is 11.3. The summed E-state index contributed by atoms with van der Waals surface area (Å²) in [5.41, 5.74) is 0.885. The van der Waals surface area contributed by atoms with E-state index in [4.69, 9.17) is 48.7 Å². The van der Waals surface area contributed by atoms with Gasteiger partial charge in [0.2, 0.25) is 5.89 Å². The van der Waals surface area contributed by atoms with Crippen LogP contribution in [0.4, 0.5) is 0 Å². The van der Waals surface area contributed by atoms with Gasteiger partial charge in [0.15, 0.2) is 0 Å². The second-order valence-electron chi connectivity index (χ2n) is 4.53. The molecule has 0 spiro atoms. The van der Waals surface area contributed by atoms with Gasteiger partial charge in [-0.15, -0.1) is 10.2 Å². The quantitative estimate of drug-likeness (QED) is 0.421. The van der Waals surface area contributed by atoms with E-state index in [0.717, 1.165) is 5.56 Å². The predicted octanol–water partition coefficient (Wildman–Crippen LogP) is 4.01. The molecule has 0 saturated heterocycles. The largest absolute Gasteiger partial charge is 0.490 e. The Morgan fingerprint density at radius 2 is 1.88 bits per heavy atom. The van der Waals surface area contributed by atoms with Crippen LogP contribution >= 0.6 is 34.8 Å². The fourth-order valence-corrected chi connectivity index (χ4v) is 1.83. The third kappa shape index (κ3) is 6.03. The molecule has 0 fully saturated rings. The van der Waals surface area contributed by atoms with E-state index in [2.05, 4.69) is 10.2 Å². The highest BCUT2D eigenvalue weighted by molar-refractivity contribution is 6.66. The molecule has 0 unspecified atom stereocenters. The van der Waals surface area contributed by atoms with Gasteiger partial charge in [-0.1, -0.05) is 46.9 Å². The molecular formula is C15H13Cl3N2O4. The molecule has 2 rings (SSSR count). The van der Waals surface area contributed by atoms with Crippen LogP contribution < -0.4 is 4.74 Å². The zero-order valence-corrected chi connectivity index (χ0v) is 14.8. The second-order valence-corrected chi connectivity index (χ2v) is 6.82. The SMILES string of the molecule is CC(=O)OCCOc1ccc(C=Cc2nnc(C(Cl)(Cl)Cl)o2)cc1. The number of hydrogen-bond acceptors (Lipinski definition) is 6. The molecular weight excluding hydrogens is 379 g/mol. The van der Waals surface area contributed by atoms with Gasteiger partial charge in [-0.3, -0.25) is 4.79 Å². The maximum absolute atomic E-state index is 10.6. The molecule has 2 aromatic rings. The Labute approximate surface area is 153 Å². The number of halogens is 3. The van der Waals surface area contributed by atoms with Gasteiger partial charge in [0, 0.05) is 13.0 Å². The van der Waals surface area contributed by atoms with Crippen LogP contribution in [0.3, 0.4) is 0 Å². The first-order valence-corrected chi connectivity index (χ1v) is 7.93. The molecule has 24 heavy (non-hydrogen) atoms. The zero-order valence-electron chi connectivity index (χ0n) is 12.5. The summed E-state index contributed by atoms with van der Waals surface area (Å²) in [6.07, 6.45) is 3.36. The van der Waals surface area contributed by atoms with Crippen molar-refractivity contribution < 1.29 is 18.7 Å². The van der Waals surface area contributed by atoms with Crippen molar-refractivity contribution in [1.29, 1.82) is 0 Å². The molecule has 0 atom stereocenters. The Morgan fingerprint density at radius 3 is 2.46 bits per heavy atom. The minimum Gasteiger partial charge on any atom is -0.490 e. The lowest BCUT2D eigenvalue weighted by Gasteiger charge is -2.06. The Bertz CT molecular complexity index is 708. The average Bonchev–Trinajstić information content (AvgIpc) is 3.00. The number of carbonyl (C=O) groups is 1. The molecule has 0 N–H and O–H groups in total. The van der Waals surface area contributed by atoms with Gasteiger partial charge in [-0.05, 0) is 23.8 Å². The fraction of sp³-hybridized carbons (Fsp3) is 0.267. The highest BCUT2D eigenvalue weighted by Gasteiger charge is 2.29. The minimum atomic E-state index is -1.75. The normalized spacial score (nSPS) is 11.7. The van der Waals surface area contributed by atoms with Gasteiger partial charge in [-0.25, -0.2) is 0 Å². The number of esters is 1. The molecule has 0 bridgehead atoms. The Kier molecular flexibility index (Phi) is 6.48. The maximum atomic E-state index is 10.6. The van der Waals surface area contributed by atoms with Crippen LogP contribution in [0.25, 0.3) is 12.2 Å². The van der Waals surface area contributed by atoms with Gasteiger partial charge in [0.25, 0.3) is 9.68 Å². The van der Waals surface area contributed by atoms with Crippen molar-refractivity contribution in [3.05, 3.63) is 41.6 Å². The summed E-state index contributed by atoms with van der Waals surface area (Å²) < 4.78 is 13.7. The summed E-state index contributed by atoms with van der Waals surface area (Å²) in [7, 11) is 0.